The molecule has 0 spiro atoms. The van der Waals surface area contributed by atoms with Gasteiger partial charge in [0.15, 0.2) is 0 Å². The maximum Gasteiger partial charge on any atom is 0.335 e. The molecular formula is CH5Cl3F3NO3PS+. The van der Waals surface area contributed by atoms with Crippen molar-refractivity contribution >= 4 is 57.0 Å². The number of hydrogen-bond acceptors (Lipinski definition) is 4. The molecule has 0 rings (SSSR count). The van der Waals surface area contributed by atoms with E-state index in [2.05, 4.69) is 0 Å². The minimum Gasteiger partial charge on any atom is -0.168 e. The Morgan fingerprint density at radius 3 is 1.08 bits per heavy atom. The molecule has 0 aliphatic heterocycles. The second-order valence-electron chi connectivity index (χ2n) is 0.407. The number of nitrogens with one attached hydrogen (secondary N) is 1. The van der Waals surface area contributed by atoms with Crippen LogP contribution in [0.25, 0.3) is 0 Å². The normalized spacial score (nSPS) is 4.62. The largest absolute Gasteiger partial charge is 0.335 e. The summed E-state index contributed by atoms with van der Waals surface area (Å²) in [4.78, 5) is 0. The fourth-order valence-corrected chi connectivity index (χ4v) is 0. The summed E-state index contributed by atoms with van der Waals surface area (Å²) in [6.45, 7) is -3.67. The van der Waals surface area contributed by atoms with Crippen LogP contribution in [0, 0.1) is 5.16 Å². The van der Waals surface area contributed by atoms with Gasteiger partial charge in [-0.1, -0.05) is 0 Å². The van der Waals surface area contributed by atoms with E-state index < -0.39 is 26.5 Å². The molecule has 4 nitrogen and oxygen atoms in total. The molecule has 13 heavy (non-hydrogen) atoms. The van der Waals surface area contributed by atoms with E-state index in [1.54, 1.807) is 0 Å². The SMILES string of the molecule is Cl.Cl.Cl.FC(F)F.N=[P+]=O.O=S=O. The molecule has 0 fully saturated rings. The van der Waals surface area contributed by atoms with Crippen molar-refractivity contribution in [2.24, 2.45) is 0 Å². The maximum absolute atomic E-state index is 9.67. The van der Waals surface area contributed by atoms with Crippen LogP contribution in [0.2, 0.25) is 0 Å². The van der Waals surface area contributed by atoms with E-state index in [4.69, 9.17) is 18.1 Å². The molecule has 1 N–H and O–H groups in total. The van der Waals surface area contributed by atoms with E-state index in [0.29, 0.717) is 0 Å². The summed E-state index contributed by atoms with van der Waals surface area (Å²) in [6.07, 6.45) is 0. The third-order valence-corrected chi connectivity index (χ3v) is 0. The van der Waals surface area contributed by atoms with E-state index in [-0.39, 0.29) is 37.2 Å². The van der Waals surface area contributed by atoms with Crippen molar-refractivity contribution in [1.29, 1.82) is 5.16 Å². The van der Waals surface area contributed by atoms with Crippen LogP contribution in [0.4, 0.5) is 13.2 Å². The smallest absolute Gasteiger partial charge is 0.168 e. The molecule has 0 aromatic carbocycles. The third kappa shape index (κ3) is 5310. The van der Waals surface area contributed by atoms with Crippen molar-refractivity contribution < 1.29 is 26.2 Å². The zero-order valence-electron chi connectivity index (χ0n) is 5.52. The average molecular weight is 305 g/mol. The molecule has 0 amide bonds. The molecule has 0 aromatic heterocycles. The van der Waals surface area contributed by atoms with Crippen LogP contribution in [0.1, 0.15) is 0 Å². The molecule has 0 unspecified atom stereocenters. The van der Waals surface area contributed by atoms with Crippen LogP contribution in [0.15, 0.2) is 0 Å². The van der Waals surface area contributed by atoms with Gasteiger partial charge < -0.3 is 0 Å². The Morgan fingerprint density at radius 2 is 1.08 bits per heavy atom. The van der Waals surface area contributed by atoms with E-state index in [0.717, 1.165) is 0 Å². The second kappa shape index (κ2) is 54.6. The third-order valence-electron chi connectivity index (χ3n) is 0. The van der Waals surface area contributed by atoms with Gasteiger partial charge in [0, 0.05) is 0 Å². The molecule has 12 heteroatoms. The van der Waals surface area contributed by atoms with Gasteiger partial charge in [0.25, 0.3) is 0 Å². The molecule has 0 aliphatic carbocycles. The molecular weight excluding hydrogens is 300 g/mol. The molecule has 0 saturated heterocycles. The molecule has 0 saturated carbocycles. The number of hydrogen-bond donors (Lipinski definition) is 1. The first-order valence-electron chi connectivity index (χ1n) is 1.39. The van der Waals surface area contributed by atoms with Crippen molar-refractivity contribution in [3.8, 4) is 0 Å². The Hall–Kier alpha value is 0.510. The van der Waals surface area contributed by atoms with Gasteiger partial charge in [-0.05, 0) is 0 Å². The van der Waals surface area contributed by atoms with Gasteiger partial charge in [-0.3, -0.25) is 0 Å². The molecule has 0 aromatic rings. The van der Waals surface area contributed by atoms with Gasteiger partial charge in [-0.25, -0.2) is 0 Å². The zero-order valence-corrected chi connectivity index (χ0v) is 9.68. The number of halogens is 6. The van der Waals surface area contributed by atoms with Crippen molar-refractivity contribution in [2.75, 3.05) is 0 Å². The van der Waals surface area contributed by atoms with E-state index in [9.17, 15) is 13.2 Å². The molecule has 0 atom stereocenters. The summed E-state index contributed by atoms with van der Waals surface area (Å²) in [5.74, 6) is 0. The fraction of sp³-hybridized carbons (Fsp3) is 1.00. The first-order chi connectivity index (χ1) is 4.56. The summed E-state index contributed by atoms with van der Waals surface area (Å²) >= 11 is -0.750. The summed E-state index contributed by atoms with van der Waals surface area (Å²) in [6, 6.07) is 0. The van der Waals surface area contributed by atoms with Crippen molar-refractivity contribution in [3.05, 3.63) is 0 Å². The van der Waals surface area contributed by atoms with Crippen molar-refractivity contribution in [2.45, 2.75) is 6.68 Å². The summed E-state index contributed by atoms with van der Waals surface area (Å²) in [7, 11) is -0.583. The van der Waals surface area contributed by atoms with Gasteiger partial charge in [-0.15, -0.1) is 37.2 Å². The van der Waals surface area contributed by atoms with Crippen molar-refractivity contribution in [1.82, 2.24) is 0 Å². The molecule has 84 valence electrons. The predicted molar refractivity (Wildman–Crippen MR) is 48.1 cm³/mol. The molecule has 0 bridgehead atoms. The van der Waals surface area contributed by atoms with Crippen molar-refractivity contribution in [3.63, 3.8) is 0 Å². The van der Waals surface area contributed by atoms with Gasteiger partial charge in [0.1, 0.15) is 0 Å². The van der Waals surface area contributed by atoms with Gasteiger partial charge >= 0.3 is 36.2 Å². The summed E-state index contributed by atoms with van der Waals surface area (Å²) in [5.41, 5.74) is 0. The summed E-state index contributed by atoms with van der Waals surface area (Å²) < 4.78 is 54.2. The van der Waals surface area contributed by atoms with Crippen LogP contribution in [0.5, 0.6) is 0 Å². The minimum atomic E-state index is -3.67. The van der Waals surface area contributed by atoms with Crippen LogP contribution < -0.4 is 0 Å². The predicted octanol–water partition coefficient (Wildman–Crippen LogP) is 2.81. The van der Waals surface area contributed by atoms with E-state index in [1.807, 2.05) is 0 Å². The molecule has 0 aliphatic rings. The topological polar surface area (TPSA) is 75.1 Å². The first-order valence-corrected chi connectivity index (χ1v) is 2.87. The quantitative estimate of drug-likeness (QED) is 0.699. The van der Waals surface area contributed by atoms with E-state index in [1.165, 1.54) is 0 Å². The van der Waals surface area contributed by atoms with Crippen LogP contribution >= 0.6 is 45.5 Å². The molecule has 0 radical (unpaired) electrons. The van der Waals surface area contributed by atoms with Gasteiger partial charge in [0.2, 0.25) is 0 Å². The van der Waals surface area contributed by atoms with Crippen LogP contribution in [-0.2, 0) is 16.1 Å². The fourth-order valence-electron chi connectivity index (χ4n) is 0. The minimum absolute atomic E-state index is 0. The van der Waals surface area contributed by atoms with Crippen LogP contribution in [-0.4, -0.2) is 15.1 Å². The number of alkyl halides is 3. The zero-order chi connectivity index (χ0) is 8.99. The standard InChI is InChI=1S/CHF3.3ClH.HNOP.O2S/c2-1(3)4;;;;2*1-3-2/h1H;3*1H;1H;/q;;;;+1;. The Kier molecular flexibility index (Phi) is 157. The Morgan fingerprint density at radius 1 is 1.08 bits per heavy atom. The Balaban J connectivity index is -0.0000000128. The van der Waals surface area contributed by atoms with Crippen LogP contribution in [0.3, 0.4) is 0 Å². The molecule has 0 heterocycles. The average Bonchev–Trinajstić information content (AvgIpc) is 1.65. The summed E-state index contributed by atoms with van der Waals surface area (Å²) in [5, 5.41) is 5.62. The monoisotopic (exact) mass is 304 g/mol. The second-order valence-corrected chi connectivity index (χ2v) is 0.725. The Bertz CT molecular complexity index is 114. The van der Waals surface area contributed by atoms with Gasteiger partial charge in [-0.2, -0.15) is 21.6 Å². The first kappa shape index (κ1) is 37.5. The number of rotatable bonds is 0. The maximum atomic E-state index is 9.67. The van der Waals surface area contributed by atoms with Gasteiger partial charge in [0.05, 0.1) is 0 Å². The Labute approximate surface area is 95.2 Å². The van der Waals surface area contributed by atoms with E-state index >= 15 is 0 Å².